The average Bonchev–Trinajstić information content (AvgIpc) is 3.04. The normalized spacial score (nSPS) is 25.0. The van der Waals surface area contributed by atoms with Gasteiger partial charge in [-0.2, -0.15) is 0 Å². The highest BCUT2D eigenvalue weighted by Gasteiger charge is 2.53. The zero-order valence-corrected chi connectivity index (χ0v) is 14.2. The Hall–Kier alpha value is -2.16. The minimum Gasteiger partial charge on any atom is -0.454 e. The van der Waals surface area contributed by atoms with Crippen LogP contribution in [0.25, 0.3) is 0 Å². The maximum Gasteiger partial charge on any atom is 0.330 e. The molecule has 0 saturated carbocycles. The Bertz CT molecular complexity index is 745. The van der Waals surface area contributed by atoms with Crippen molar-refractivity contribution in [3.8, 4) is 0 Å². The molecule has 0 unspecified atom stereocenters. The van der Waals surface area contributed by atoms with Crippen molar-refractivity contribution >= 4 is 35.2 Å². The first-order valence-electron chi connectivity index (χ1n) is 7.68. The number of carbonyl (C=O) groups is 3. The molecule has 134 valence electrons. The summed E-state index contributed by atoms with van der Waals surface area (Å²) in [6.45, 7) is 1.29. The molecule has 0 spiro atoms. The second kappa shape index (κ2) is 6.62. The van der Waals surface area contributed by atoms with E-state index in [1.807, 2.05) is 6.92 Å². The van der Waals surface area contributed by atoms with Crippen LogP contribution in [0.2, 0.25) is 0 Å². The third kappa shape index (κ3) is 3.46. The summed E-state index contributed by atoms with van der Waals surface area (Å²) >= 11 is 1.51. The van der Waals surface area contributed by atoms with E-state index in [1.165, 1.54) is 16.7 Å². The van der Waals surface area contributed by atoms with Crippen molar-refractivity contribution in [3.63, 3.8) is 0 Å². The Kier molecular flexibility index (Phi) is 4.68. The zero-order chi connectivity index (χ0) is 18.2. The fourth-order valence-corrected chi connectivity index (χ4v) is 4.42. The molecule has 2 aliphatic rings. The minimum absolute atomic E-state index is 0.104. The maximum atomic E-state index is 13.5. The summed E-state index contributed by atoms with van der Waals surface area (Å²) in [4.78, 5) is 37.1. The molecular weight excluding hydrogens is 354 g/mol. The molecule has 6 nitrogen and oxygen atoms in total. The summed E-state index contributed by atoms with van der Waals surface area (Å²) in [5.41, 5.74) is -0.207. The molecule has 2 saturated heterocycles. The fourth-order valence-electron chi connectivity index (χ4n) is 3.01. The molecule has 1 aromatic rings. The minimum atomic E-state index is -0.926. The first-order chi connectivity index (χ1) is 11.8. The topological polar surface area (TPSA) is 75.7 Å². The van der Waals surface area contributed by atoms with Gasteiger partial charge in [-0.3, -0.25) is 9.59 Å². The molecule has 1 N–H and O–H groups in total. The van der Waals surface area contributed by atoms with Crippen LogP contribution >= 0.6 is 11.8 Å². The van der Waals surface area contributed by atoms with Crippen LogP contribution < -0.4 is 5.32 Å². The van der Waals surface area contributed by atoms with E-state index in [9.17, 15) is 23.2 Å². The molecule has 2 fully saturated rings. The number of anilines is 1. The number of ether oxygens (including phenoxy) is 1. The predicted molar refractivity (Wildman–Crippen MR) is 86.7 cm³/mol. The first-order valence-corrected chi connectivity index (χ1v) is 8.66. The molecule has 0 radical (unpaired) electrons. The van der Waals surface area contributed by atoms with E-state index in [-0.39, 0.29) is 11.6 Å². The summed E-state index contributed by atoms with van der Waals surface area (Å²) in [5.74, 6) is -2.80. The molecule has 3 rings (SSSR count). The van der Waals surface area contributed by atoms with E-state index >= 15 is 0 Å². The van der Waals surface area contributed by atoms with Gasteiger partial charge in [0.1, 0.15) is 17.7 Å². The van der Waals surface area contributed by atoms with Crippen LogP contribution in [-0.4, -0.2) is 46.0 Å². The number of rotatable bonds is 4. The lowest BCUT2D eigenvalue weighted by atomic mass is 10.2. The van der Waals surface area contributed by atoms with Crippen molar-refractivity contribution in [2.45, 2.75) is 30.7 Å². The lowest BCUT2D eigenvalue weighted by molar-refractivity contribution is -0.155. The van der Waals surface area contributed by atoms with Gasteiger partial charge in [-0.05, 0) is 25.5 Å². The van der Waals surface area contributed by atoms with E-state index < -0.39 is 41.0 Å². The molecule has 0 bridgehead atoms. The Labute approximate surface area is 146 Å². The van der Waals surface area contributed by atoms with Crippen molar-refractivity contribution < 1.29 is 27.9 Å². The van der Waals surface area contributed by atoms with Crippen LogP contribution in [0.15, 0.2) is 18.2 Å². The van der Waals surface area contributed by atoms with Gasteiger partial charge in [0.15, 0.2) is 6.61 Å². The molecule has 2 atom stereocenters. The number of carbonyl (C=O) groups excluding carboxylic acids is 3. The highest BCUT2D eigenvalue weighted by Crippen LogP contribution is 2.47. The Balaban J connectivity index is 1.55. The summed E-state index contributed by atoms with van der Waals surface area (Å²) < 4.78 is 31.3. The predicted octanol–water partition coefficient (Wildman–Crippen LogP) is 1.90. The van der Waals surface area contributed by atoms with Crippen LogP contribution in [-0.2, 0) is 19.1 Å². The van der Waals surface area contributed by atoms with Gasteiger partial charge in [0.05, 0.1) is 10.6 Å². The average molecular weight is 370 g/mol. The molecule has 2 heterocycles. The SMILES string of the molecule is C[C@@]12CCC(=O)N1[C@@H](C(=O)OCC(=O)Nc1ccc(F)cc1F)CS2. The van der Waals surface area contributed by atoms with Gasteiger partial charge in [0.2, 0.25) is 5.91 Å². The molecule has 25 heavy (non-hydrogen) atoms. The van der Waals surface area contributed by atoms with Crippen molar-refractivity contribution in [1.82, 2.24) is 4.90 Å². The summed E-state index contributed by atoms with van der Waals surface area (Å²) in [6.07, 6.45) is 1.06. The lowest BCUT2D eigenvalue weighted by Crippen LogP contribution is -2.47. The lowest BCUT2D eigenvalue weighted by Gasteiger charge is -2.29. The Morgan fingerprint density at radius 3 is 2.92 bits per heavy atom. The fraction of sp³-hybridized carbons (Fsp3) is 0.438. The van der Waals surface area contributed by atoms with Gasteiger partial charge >= 0.3 is 5.97 Å². The van der Waals surface area contributed by atoms with Crippen molar-refractivity contribution in [2.75, 3.05) is 17.7 Å². The number of esters is 1. The molecule has 9 heteroatoms. The van der Waals surface area contributed by atoms with E-state index in [4.69, 9.17) is 4.74 Å². The van der Waals surface area contributed by atoms with Crippen molar-refractivity contribution in [2.24, 2.45) is 0 Å². The molecule has 1 aromatic carbocycles. The third-order valence-corrected chi connectivity index (χ3v) is 5.77. The van der Waals surface area contributed by atoms with Crippen molar-refractivity contribution in [3.05, 3.63) is 29.8 Å². The van der Waals surface area contributed by atoms with Gasteiger partial charge < -0.3 is 15.0 Å². The van der Waals surface area contributed by atoms with Crippen LogP contribution in [0, 0.1) is 11.6 Å². The summed E-state index contributed by atoms with van der Waals surface area (Å²) in [7, 11) is 0. The standard InChI is InChI=1S/C16H16F2N2O4S/c1-16-5-4-14(22)20(16)12(8-25-16)15(23)24-7-13(21)19-11-3-2-9(17)6-10(11)18/h2-3,6,12H,4-5,7-8H2,1H3,(H,19,21)/t12-,16-/m1/s1. The first kappa shape index (κ1) is 17.7. The molecule has 2 amide bonds. The number of nitrogens with zero attached hydrogens (tertiary/aromatic N) is 1. The second-order valence-corrected chi connectivity index (χ2v) is 7.55. The van der Waals surface area contributed by atoms with Gasteiger partial charge in [0, 0.05) is 18.2 Å². The number of benzene rings is 1. The third-order valence-electron chi connectivity index (χ3n) is 4.27. The van der Waals surface area contributed by atoms with Crippen LogP contribution in [0.3, 0.4) is 0 Å². The van der Waals surface area contributed by atoms with E-state index in [0.717, 1.165) is 12.1 Å². The molecule has 0 aliphatic carbocycles. The number of hydrogen-bond donors (Lipinski definition) is 1. The molecular formula is C16H16F2N2O4S. The maximum absolute atomic E-state index is 13.5. The van der Waals surface area contributed by atoms with Crippen LogP contribution in [0.5, 0.6) is 0 Å². The highest BCUT2D eigenvalue weighted by atomic mass is 32.2. The zero-order valence-electron chi connectivity index (χ0n) is 13.4. The Morgan fingerprint density at radius 1 is 1.44 bits per heavy atom. The van der Waals surface area contributed by atoms with E-state index in [0.29, 0.717) is 24.7 Å². The van der Waals surface area contributed by atoms with Gasteiger partial charge in [-0.15, -0.1) is 11.8 Å². The highest BCUT2D eigenvalue weighted by molar-refractivity contribution is 8.01. The number of hydrogen-bond acceptors (Lipinski definition) is 5. The summed E-state index contributed by atoms with van der Waals surface area (Å²) in [5, 5.41) is 2.20. The van der Waals surface area contributed by atoms with Gasteiger partial charge in [-0.25, -0.2) is 13.6 Å². The number of fused-ring (bicyclic) bond motifs is 1. The Morgan fingerprint density at radius 2 is 2.20 bits per heavy atom. The van der Waals surface area contributed by atoms with E-state index in [2.05, 4.69) is 5.32 Å². The van der Waals surface area contributed by atoms with Gasteiger partial charge in [0.25, 0.3) is 5.91 Å². The molecule has 0 aromatic heterocycles. The monoisotopic (exact) mass is 370 g/mol. The van der Waals surface area contributed by atoms with E-state index in [1.54, 1.807) is 0 Å². The number of halogens is 2. The van der Waals surface area contributed by atoms with Gasteiger partial charge in [-0.1, -0.05) is 0 Å². The number of nitrogens with one attached hydrogen (secondary N) is 1. The summed E-state index contributed by atoms with van der Waals surface area (Å²) in [6, 6.07) is 1.99. The van der Waals surface area contributed by atoms with Crippen molar-refractivity contribution in [1.29, 1.82) is 0 Å². The van der Waals surface area contributed by atoms with Crippen LogP contribution in [0.1, 0.15) is 19.8 Å². The second-order valence-electron chi connectivity index (χ2n) is 6.05. The number of amides is 2. The quantitative estimate of drug-likeness (QED) is 0.820. The smallest absolute Gasteiger partial charge is 0.330 e. The largest absolute Gasteiger partial charge is 0.454 e. The molecule has 2 aliphatic heterocycles. The van der Waals surface area contributed by atoms with Crippen LogP contribution in [0.4, 0.5) is 14.5 Å². The number of thioether (sulfide) groups is 1.